The van der Waals surface area contributed by atoms with Gasteiger partial charge in [0.25, 0.3) is 0 Å². The van der Waals surface area contributed by atoms with Crippen LogP contribution in [0.4, 0.5) is 0 Å². The van der Waals surface area contributed by atoms with E-state index in [-0.39, 0.29) is 0 Å². The van der Waals surface area contributed by atoms with E-state index in [0.29, 0.717) is 0 Å². The molecule has 0 heterocycles. The van der Waals surface area contributed by atoms with Gasteiger partial charge in [-0.2, -0.15) is 0 Å². The van der Waals surface area contributed by atoms with Crippen LogP contribution >= 0.6 is 15.9 Å². The maximum atomic E-state index is 11.2. The fraction of sp³-hybridized carbons (Fsp3) is 0.417. The molecule has 1 aliphatic rings. The van der Waals surface area contributed by atoms with Crippen molar-refractivity contribution in [3.8, 4) is 0 Å². The molecule has 1 aromatic carbocycles. The zero-order valence-electron chi connectivity index (χ0n) is 8.80. The van der Waals surface area contributed by atoms with Crippen LogP contribution in [0.2, 0.25) is 0 Å². The average Bonchev–Trinajstić information content (AvgIpc) is 2.91. The molecule has 0 unspecified atom stereocenters. The largest absolute Gasteiger partial charge is 0.481 e. The molecule has 0 radical (unpaired) electrons. The number of hydrogen-bond donors (Lipinski definition) is 1. The molecule has 80 valence electrons. The summed E-state index contributed by atoms with van der Waals surface area (Å²) >= 11 is 3.47. The van der Waals surface area contributed by atoms with Gasteiger partial charge in [-0.05, 0) is 49.4 Å². The number of carboxylic acid groups (broad SMARTS) is 1. The van der Waals surface area contributed by atoms with Gasteiger partial charge in [-0.25, -0.2) is 0 Å². The summed E-state index contributed by atoms with van der Waals surface area (Å²) in [5.41, 5.74) is 2.54. The van der Waals surface area contributed by atoms with Crippen LogP contribution in [0.15, 0.2) is 16.6 Å². The van der Waals surface area contributed by atoms with Gasteiger partial charge in [0.2, 0.25) is 0 Å². The number of halogens is 1. The van der Waals surface area contributed by atoms with Crippen LogP contribution < -0.4 is 0 Å². The number of aliphatic carboxylic acids is 1. The van der Waals surface area contributed by atoms with Crippen molar-refractivity contribution >= 4 is 21.9 Å². The third-order valence-corrected chi connectivity index (χ3v) is 3.99. The molecular weight excluding hydrogens is 256 g/mol. The van der Waals surface area contributed by atoms with Crippen LogP contribution in [-0.2, 0) is 10.2 Å². The summed E-state index contributed by atoms with van der Waals surface area (Å²) < 4.78 is 1.00. The molecule has 2 nitrogen and oxygen atoms in total. The van der Waals surface area contributed by atoms with Gasteiger partial charge < -0.3 is 5.11 Å². The van der Waals surface area contributed by atoms with Crippen molar-refractivity contribution in [2.75, 3.05) is 0 Å². The Kier molecular flexibility index (Phi) is 2.38. The fourth-order valence-electron chi connectivity index (χ4n) is 2.03. The molecule has 1 fully saturated rings. The summed E-state index contributed by atoms with van der Waals surface area (Å²) in [6.45, 7) is 3.97. The highest BCUT2D eigenvalue weighted by molar-refractivity contribution is 9.10. The number of carbonyl (C=O) groups is 1. The second-order valence-electron chi connectivity index (χ2n) is 4.31. The zero-order chi connectivity index (χ0) is 11.2. The quantitative estimate of drug-likeness (QED) is 0.895. The number of hydrogen-bond acceptors (Lipinski definition) is 1. The lowest BCUT2D eigenvalue weighted by Gasteiger charge is -2.15. The van der Waals surface area contributed by atoms with E-state index < -0.39 is 11.4 Å². The first-order chi connectivity index (χ1) is 6.97. The van der Waals surface area contributed by atoms with Gasteiger partial charge in [-0.3, -0.25) is 4.79 Å². The van der Waals surface area contributed by atoms with Crippen molar-refractivity contribution in [2.45, 2.75) is 32.1 Å². The molecular formula is C12H13BrO2. The Morgan fingerprint density at radius 3 is 2.47 bits per heavy atom. The van der Waals surface area contributed by atoms with Crippen molar-refractivity contribution < 1.29 is 9.90 Å². The molecule has 0 spiro atoms. The molecule has 3 heteroatoms. The van der Waals surface area contributed by atoms with E-state index in [4.69, 9.17) is 0 Å². The van der Waals surface area contributed by atoms with Gasteiger partial charge in [-0.15, -0.1) is 0 Å². The van der Waals surface area contributed by atoms with Crippen LogP contribution in [0.3, 0.4) is 0 Å². The van der Waals surface area contributed by atoms with E-state index in [1.54, 1.807) is 0 Å². The Hall–Kier alpha value is -0.830. The highest BCUT2D eigenvalue weighted by Crippen LogP contribution is 2.50. The Morgan fingerprint density at radius 2 is 2.00 bits per heavy atom. The zero-order valence-corrected chi connectivity index (χ0v) is 10.4. The third kappa shape index (κ3) is 1.59. The van der Waals surface area contributed by atoms with Crippen LogP contribution in [0.25, 0.3) is 0 Å². The van der Waals surface area contributed by atoms with E-state index in [9.17, 15) is 9.90 Å². The molecule has 1 N–H and O–H groups in total. The summed E-state index contributed by atoms with van der Waals surface area (Å²) in [6.07, 6.45) is 1.53. The molecule has 1 aliphatic carbocycles. The second-order valence-corrected chi connectivity index (χ2v) is 5.16. The summed E-state index contributed by atoms with van der Waals surface area (Å²) in [7, 11) is 0. The fourth-order valence-corrected chi connectivity index (χ4v) is 2.61. The monoisotopic (exact) mass is 268 g/mol. The van der Waals surface area contributed by atoms with Crippen molar-refractivity contribution in [1.82, 2.24) is 0 Å². The smallest absolute Gasteiger partial charge is 0.314 e. The molecule has 2 rings (SSSR count). The topological polar surface area (TPSA) is 37.3 Å². The maximum Gasteiger partial charge on any atom is 0.314 e. The SMILES string of the molecule is Cc1cc(Br)c(C)c(C2(C(=O)O)CC2)c1. The molecule has 0 amide bonds. The van der Waals surface area contributed by atoms with Crippen molar-refractivity contribution in [3.05, 3.63) is 33.3 Å². The Bertz CT molecular complexity index is 433. The number of benzene rings is 1. The minimum Gasteiger partial charge on any atom is -0.481 e. The van der Waals surface area contributed by atoms with Gasteiger partial charge in [-0.1, -0.05) is 22.0 Å². The lowest BCUT2D eigenvalue weighted by Crippen LogP contribution is -2.21. The maximum absolute atomic E-state index is 11.2. The van der Waals surface area contributed by atoms with Gasteiger partial charge in [0, 0.05) is 4.47 Å². The van der Waals surface area contributed by atoms with Gasteiger partial charge in [0.15, 0.2) is 0 Å². The minimum atomic E-state index is -0.692. The van der Waals surface area contributed by atoms with E-state index in [1.165, 1.54) is 0 Å². The summed E-state index contributed by atoms with van der Waals surface area (Å²) in [5, 5.41) is 9.25. The van der Waals surface area contributed by atoms with Crippen molar-refractivity contribution in [1.29, 1.82) is 0 Å². The second kappa shape index (κ2) is 3.34. The van der Waals surface area contributed by atoms with Crippen molar-refractivity contribution in [2.24, 2.45) is 0 Å². The average molecular weight is 269 g/mol. The standard InChI is InChI=1S/C12H13BrO2/c1-7-5-9(8(2)10(13)6-7)12(3-4-12)11(14)15/h5-6H,3-4H2,1-2H3,(H,14,15). The normalized spacial score (nSPS) is 17.5. The molecule has 0 bridgehead atoms. The Morgan fingerprint density at radius 1 is 1.40 bits per heavy atom. The number of carboxylic acids is 1. The highest BCUT2D eigenvalue weighted by Gasteiger charge is 2.52. The first-order valence-electron chi connectivity index (χ1n) is 4.98. The van der Waals surface area contributed by atoms with Crippen LogP contribution in [0.5, 0.6) is 0 Å². The summed E-state index contributed by atoms with van der Waals surface area (Å²) in [4.78, 5) is 11.2. The van der Waals surface area contributed by atoms with Gasteiger partial charge >= 0.3 is 5.97 Å². The predicted molar refractivity (Wildman–Crippen MR) is 62.2 cm³/mol. The highest BCUT2D eigenvalue weighted by atomic mass is 79.9. The molecule has 1 aromatic rings. The molecule has 0 aromatic heterocycles. The molecule has 1 saturated carbocycles. The third-order valence-electron chi connectivity index (χ3n) is 3.16. The first kappa shape index (κ1) is 10.7. The van der Waals surface area contributed by atoms with E-state index in [1.807, 2.05) is 26.0 Å². The number of rotatable bonds is 2. The molecule has 0 atom stereocenters. The van der Waals surface area contributed by atoms with Crippen molar-refractivity contribution in [3.63, 3.8) is 0 Å². The van der Waals surface area contributed by atoms with E-state index in [0.717, 1.165) is 34.0 Å². The van der Waals surface area contributed by atoms with Crippen LogP contribution in [0, 0.1) is 13.8 Å². The molecule has 0 saturated heterocycles. The van der Waals surface area contributed by atoms with Gasteiger partial charge in [0.05, 0.1) is 5.41 Å². The first-order valence-corrected chi connectivity index (χ1v) is 5.77. The summed E-state index contributed by atoms with van der Waals surface area (Å²) in [5.74, 6) is -0.692. The van der Waals surface area contributed by atoms with Crippen LogP contribution in [-0.4, -0.2) is 11.1 Å². The summed E-state index contributed by atoms with van der Waals surface area (Å²) in [6, 6.07) is 4.03. The van der Waals surface area contributed by atoms with E-state index >= 15 is 0 Å². The molecule has 0 aliphatic heterocycles. The molecule has 15 heavy (non-hydrogen) atoms. The Balaban J connectivity index is 2.58. The predicted octanol–water partition coefficient (Wildman–Crippen LogP) is 3.18. The van der Waals surface area contributed by atoms with Crippen LogP contribution in [0.1, 0.15) is 29.5 Å². The van der Waals surface area contributed by atoms with E-state index in [2.05, 4.69) is 15.9 Å². The number of aryl methyl sites for hydroxylation is 1. The lowest BCUT2D eigenvalue weighted by molar-refractivity contribution is -0.140. The minimum absolute atomic E-state index is 0.599. The lowest BCUT2D eigenvalue weighted by atomic mass is 9.90. The Labute approximate surface area is 97.4 Å². The van der Waals surface area contributed by atoms with Gasteiger partial charge in [0.1, 0.15) is 0 Å².